The standard InChI is InChI=1S/C17H16FNO3S2/c1-10-3-4-12(7-11(10)2)15-8-14(18)16(23-15)17(20)19-13-5-6-24(21,22)9-13/h3-8,13H,9H2,1-2H3,(H,19,20)/t13-/m1/s1. The zero-order chi connectivity index (χ0) is 17.5. The minimum absolute atomic E-state index is 0.0408. The molecular formula is C17H16FNO3S2. The summed E-state index contributed by atoms with van der Waals surface area (Å²) in [6.07, 6.45) is 1.41. The van der Waals surface area contributed by atoms with Crippen molar-refractivity contribution in [3.63, 3.8) is 0 Å². The minimum atomic E-state index is -3.27. The first-order valence-electron chi connectivity index (χ1n) is 7.34. The van der Waals surface area contributed by atoms with Crippen LogP contribution < -0.4 is 5.32 Å². The van der Waals surface area contributed by atoms with Crippen LogP contribution in [0.4, 0.5) is 4.39 Å². The van der Waals surface area contributed by atoms with Crippen LogP contribution in [0, 0.1) is 19.7 Å². The molecule has 0 spiro atoms. The lowest BCUT2D eigenvalue weighted by Crippen LogP contribution is -2.35. The number of halogens is 1. The van der Waals surface area contributed by atoms with Crippen LogP contribution in [0.1, 0.15) is 20.8 Å². The predicted molar refractivity (Wildman–Crippen MR) is 93.4 cm³/mol. The summed E-state index contributed by atoms with van der Waals surface area (Å²) in [4.78, 5) is 12.9. The molecule has 0 fully saturated rings. The van der Waals surface area contributed by atoms with Crippen molar-refractivity contribution in [3.05, 3.63) is 57.6 Å². The second-order valence-corrected chi connectivity index (χ2v) is 8.81. The number of benzene rings is 1. The van der Waals surface area contributed by atoms with Crippen LogP contribution in [-0.2, 0) is 9.84 Å². The van der Waals surface area contributed by atoms with E-state index in [0.29, 0.717) is 4.88 Å². The number of sulfone groups is 1. The average Bonchev–Trinajstić information content (AvgIpc) is 3.04. The van der Waals surface area contributed by atoms with E-state index in [0.717, 1.165) is 33.4 Å². The Morgan fingerprint density at radius 2 is 2.00 bits per heavy atom. The van der Waals surface area contributed by atoms with Gasteiger partial charge < -0.3 is 5.32 Å². The number of nitrogens with one attached hydrogen (secondary N) is 1. The summed E-state index contributed by atoms with van der Waals surface area (Å²) < 4.78 is 36.9. The van der Waals surface area contributed by atoms with Crippen LogP contribution in [0.25, 0.3) is 10.4 Å². The van der Waals surface area contributed by atoms with Crippen molar-refractivity contribution in [3.8, 4) is 10.4 Å². The lowest BCUT2D eigenvalue weighted by Gasteiger charge is -2.08. The maximum Gasteiger partial charge on any atom is 0.264 e. The average molecular weight is 365 g/mol. The zero-order valence-corrected chi connectivity index (χ0v) is 14.8. The molecule has 1 aromatic heterocycles. The number of thiophene rings is 1. The molecular weight excluding hydrogens is 349 g/mol. The van der Waals surface area contributed by atoms with Crippen molar-refractivity contribution in [1.82, 2.24) is 5.32 Å². The molecule has 1 N–H and O–H groups in total. The van der Waals surface area contributed by atoms with Crippen LogP contribution in [0.3, 0.4) is 0 Å². The summed E-state index contributed by atoms with van der Waals surface area (Å²) in [5, 5.41) is 3.62. The van der Waals surface area contributed by atoms with Gasteiger partial charge in [-0.3, -0.25) is 4.79 Å². The molecule has 24 heavy (non-hydrogen) atoms. The third-order valence-corrected chi connectivity index (χ3v) is 6.48. The Labute approximate surface area is 143 Å². The first kappa shape index (κ1) is 16.9. The molecule has 126 valence electrons. The summed E-state index contributed by atoms with van der Waals surface area (Å²) in [6, 6.07) is 6.52. The van der Waals surface area contributed by atoms with E-state index in [1.807, 2.05) is 32.0 Å². The third kappa shape index (κ3) is 3.42. The molecule has 1 aliphatic rings. The molecule has 0 bridgehead atoms. The van der Waals surface area contributed by atoms with Crippen molar-refractivity contribution in [2.45, 2.75) is 19.9 Å². The predicted octanol–water partition coefficient (Wildman–Crippen LogP) is 3.21. The minimum Gasteiger partial charge on any atom is -0.344 e. The fraction of sp³-hybridized carbons (Fsp3) is 0.235. The largest absolute Gasteiger partial charge is 0.344 e. The van der Waals surface area contributed by atoms with Gasteiger partial charge in [0.1, 0.15) is 10.7 Å². The highest BCUT2D eigenvalue weighted by Gasteiger charge is 2.25. The molecule has 0 aliphatic carbocycles. The van der Waals surface area contributed by atoms with E-state index in [1.54, 1.807) is 0 Å². The van der Waals surface area contributed by atoms with Crippen LogP contribution in [0.5, 0.6) is 0 Å². The lowest BCUT2D eigenvalue weighted by atomic mass is 10.1. The van der Waals surface area contributed by atoms with Crippen LogP contribution in [0.2, 0.25) is 0 Å². The fourth-order valence-electron chi connectivity index (χ4n) is 2.46. The first-order chi connectivity index (χ1) is 11.2. The SMILES string of the molecule is Cc1ccc(-c2cc(F)c(C(=O)N[C@@H]3C=CS(=O)(=O)C3)s2)cc1C. The Morgan fingerprint density at radius 1 is 1.25 bits per heavy atom. The molecule has 4 nitrogen and oxygen atoms in total. The monoisotopic (exact) mass is 365 g/mol. The fourth-order valence-corrected chi connectivity index (χ4v) is 4.63. The number of carbonyl (C=O) groups excluding carboxylic acids is 1. The topological polar surface area (TPSA) is 63.2 Å². The highest BCUT2D eigenvalue weighted by molar-refractivity contribution is 7.94. The van der Waals surface area contributed by atoms with Gasteiger partial charge in [0.25, 0.3) is 5.91 Å². The van der Waals surface area contributed by atoms with Crippen molar-refractivity contribution in [2.24, 2.45) is 0 Å². The van der Waals surface area contributed by atoms with E-state index < -0.39 is 27.6 Å². The molecule has 0 saturated carbocycles. The van der Waals surface area contributed by atoms with Gasteiger partial charge in [-0.15, -0.1) is 11.3 Å². The second-order valence-electron chi connectivity index (χ2n) is 5.82. The van der Waals surface area contributed by atoms with Gasteiger partial charge in [0, 0.05) is 10.3 Å². The van der Waals surface area contributed by atoms with E-state index in [4.69, 9.17) is 0 Å². The molecule has 0 saturated heterocycles. The zero-order valence-electron chi connectivity index (χ0n) is 13.2. The van der Waals surface area contributed by atoms with E-state index in [1.165, 1.54) is 12.1 Å². The van der Waals surface area contributed by atoms with E-state index in [-0.39, 0.29) is 10.6 Å². The number of rotatable bonds is 3. The lowest BCUT2D eigenvalue weighted by molar-refractivity contribution is 0.0948. The molecule has 0 unspecified atom stereocenters. The summed E-state index contributed by atoms with van der Waals surface area (Å²) in [5.74, 6) is -1.38. The molecule has 1 aliphatic heterocycles. The Balaban J connectivity index is 1.82. The Morgan fingerprint density at radius 3 is 2.62 bits per heavy atom. The van der Waals surface area contributed by atoms with Gasteiger partial charge in [0.2, 0.25) is 0 Å². The summed E-state index contributed by atoms with van der Waals surface area (Å²) in [5.41, 5.74) is 3.08. The maximum absolute atomic E-state index is 14.2. The van der Waals surface area contributed by atoms with Crippen LogP contribution in [-0.4, -0.2) is 26.1 Å². The molecule has 3 rings (SSSR count). The maximum atomic E-state index is 14.2. The van der Waals surface area contributed by atoms with Crippen molar-refractivity contribution < 1.29 is 17.6 Å². The first-order valence-corrected chi connectivity index (χ1v) is 9.87. The Hall–Kier alpha value is -1.99. The number of hydrogen-bond acceptors (Lipinski definition) is 4. The molecule has 2 heterocycles. The number of aryl methyl sites for hydroxylation is 2. The molecule has 7 heteroatoms. The molecule has 0 radical (unpaired) electrons. The van der Waals surface area contributed by atoms with E-state index in [2.05, 4.69) is 5.32 Å². The van der Waals surface area contributed by atoms with Gasteiger partial charge in [0.15, 0.2) is 9.84 Å². The molecule has 2 aromatic rings. The highest BCUT2D eigenvalue weighted by Crippen LogP contribution is 2.32. The van der Waals surface area contributed by atoms with Gasteiger partial charge in [0.05, 0.1) is 11.8 Å². The van der Waals surface area contributed by atoms with E-state index in [9.17, 15) is 17.6 Å². The second kappa shape index (κ2) is 6.14. The normalized spacial score (nSPS) is 18.7. The summed E-state index contributed by atoms with van der Waals surface area (Å²) in [6.45, 7) is 3.97. The quantitative estimate of drug-likeness (QED) is 0.908. The van der Waals surface area contributed by atoms with E-state index >= 15 is 0 Å². The van der Waals surface area contributed by atoms with Crippen LogP contribution in [0.15, 0.2) is 35.7 Å². The van der Waals surface area contributed by atoms with Crippen LogP contribution >= 0.6 is 11.3 Å². The number of amides is 1. The van der Waals surface area contributed by atoms with Gasteiger partial charge in [-0.2, -0.15) is 0 Å². The van der Waals surface area contributed by atoms with Gasteiger partial charge >= 0.3 is 0 Å². The van der Waals surface area contributed by atoms with Crippen molar-refractivity contribution in [2.75, 3.05) is 5.75 Å². The smallest absolute Gasteiger partial charge is 0.264 e. The summed E-state index contributed by atoms with van der Waals surface area (Å²) in [7, 11) is -3.27. The number of carbonyl (C=O) groups is 1. The third-order valence-electron chi connectivity index (χ3n) is 3.93. The Bertz CT molecular complexity index is 945. The molecule has 1 aromatic carbocycles. The van der Waals surface area contributed by atoms with Gasteiger partial charge in [-0.25, -0.2) is 12.8 Å². The van der Waals surface area contributed by atoms with Gasteiger partial charge in [-0.1, -0.05) is 18.2 Å². The molecule has 1 atom stereocenters. The van der Waals surface area contributed by atoms with Gasteiger partial charge in [-0.05, 0) is 42.7 Å². The highest BCUT2D eigenvalue weighted by atomic mass is 32.2. The van der Waals surface area contributed by atoms with Crippen molar-refractivity contribution >= 4 is 27.1 Å². The summed E-state index contributed by atoms with van der Waals surface area (Å²) >= 11 is 1.06. The molecule has 1 amide bonds. The van der Waals surface area contributed by atoms with Crippen molar-refractivity contribution in [1.29, 1.82) is 0 Å². The number of hydrogen-bond donors (Lipinski definition) is 1. The Kier molecular flexibility index (Phi) is 4.31.